The highest BCUT2D eigenvalue weighted by Gasteiger charge is 2.37. The van der Waals surface area contributed by atoms with E-state index in [9.17, 15) is 9.50 Å². The second kappa shape index (κ2) is 6.73. The molecule has 0 amide bonds. The number of hydrogen-bond acceptors (Lipinski definition) is 4. The number of aliphatic hydroxyl groups excluding tert-OH is 1. The summed E-state index contributed by atoms with van der Waals surface area (Å²) in [5.41, 5.74) is 0.153. The van der Waals surface area contributed by atoms with Gasteiger partial charge in [-0.15, -0.1) is 0 Å². The van der Waals surface area contributed by atoms with Gasteiger partial charge in [-0.25, -0.2) is 4.39 Å². The second-order valence-corrected chi connectivity index (χ2v) is 6.22. The van der Waals surface area contributed by atoms with Crippen LogP contribution in [0.5, 0.6) is 5.75 Å². The normalized spacial score (nSPS) is 18.5. The van der Waals surface area contributed by atoms with E-state index in [1.54, 1.807) is 19.2 Å². The predicted octanol–water partition coefficient (Wildman–Crippen LogP) is 1.80. The smallest absolute Gasteiger partial charge is 0.128 e. The van der Waals surface area contributed by atoms with Crippen molar-refractivity contribution in [3.63, 3.8) is 0 Å². The number of aliphatic hydroxyl groups is 1. The van der Waals surface area contributed by atoms with Crippen molar-refractivity contribution >= 4 is 0 Å². The van der Waals surface area contributed by atoms with Gasteiger partial charge in [0.2, 0.25) is 0 Å². The summed E-state index contributed by atoms with van der Waals surface area (Å²) in [6.45, 7) is 7.37. The van der Waals surface area contributed by atoms with Gasteiger partial charge < -0.3 is 15.2 Å². The Morgan fingerprint density at radius 1 is 1.38 bits per heavy atom. The third kappa shape index (κ3) is 3.54. The number of halogens is 1. The number of ether oxygens (including phenoxy) is 1. The molecule has 1 aliphatic rings. The van der Waals surface area contributed by atoms with Crippen LogP contribution in [-0.2, 0) is 0 Å². The number of piperazine rings is 1. The molecule has 0 aromatic heterocycles. The van der Waals surface area contributed by atoms with Crippen LogP contribution in [0.3, 0.4) is 0 Å². The molecule has 0 saturated carbocycles. The largest absolute Gasteiger partial charge is 0.497 e. The van der Waals surface area contributed by atoms with Crippen LogP contribution in [0.1, 0.15) is 25.5 Å². The van der Waals surface area contributed by atoms with E-state index in [1.165, 1.54) is 6.07 Å². The molecule has 118 valence electrons. The van der Waals surface area contributed by atoms with Crippen molar-refractivity contribution < 1.29 is 14.2 Å². The Morgan fingerprint density at radius 3 is 2.62 bits per heavy atom. The van der Waals surface area contributed by atoms with E-state index in [0.29, 0.717) is 11.3 Å². The van der Waals surface area contributed by atoms with Gasteiger partial charge in [-0.2, -0.15) is 0 Å². The van der Waals surface area contributed by atoms with Crippen molar-refractivity contribution in [2.75, 3.05) is 39.9 Å². The van der Waals surface area contributed by atoms with Crippen LogP contribution >= 0.6 is 0 Å². The first-order valence-electron chi connectivity index (χ1n) is 7.38. The lowest BCUT2D eigenvalue weighted by atomic mass is 9.79. The van der Waals surface area contributed by atoms with Gasteiger partial charge in [0.1, 0.15) is 11.6 Å². The monoisotopic (exact) mass is 296 g/mol. The maximum Gasteiger partial charge on any atom is 0.128 e. The lowest BCUT2D eigenvalue weighted by molar-refractivity contribution is 0.0285. The van der Waals surface area contributed by atoms with E-state index < -0.39 is 5.41 Å². The minimum atomic E-state index is -0.440. The van der Waals surface area contributed by atoms with Crippen molar-refractivity contribution in [2.45, 2.75) is 19.9 Å². The molecule has 0 radical (unpaired) electrons. The first-order valence-corrected chi connectivity index (χ1v) is 7.38. The van der Waals surface area contributed by atoms with Crippen molar-refractivity contribution in [1.82, 2.24) is 10.2 Å². The van der Waals surface area contributed by atoms with E-state index in [1.807, 2.05) is 13.8 Å². The first-order chi connectivity index (χ1) is 9.99. The van der Waals surface area contributed by atoms with Crippen molar-refractivity contribution in [1.29, 1.82) is 0 Å². The summed E-state index contributed by atoms with van der Waals surface area (Å²) < 4.78 is 19.6. The van der Waals surface area contributed by atoms with Crippen LogP contribution in [0.15, 0.2) is 18.2 Å². The summed E-state index contributed by atoms with van der Waals surface area (Å²) in [7, 11) is 1.58. The lowest BCUT2D eigenvalue weighted by Gasteiger charge is -2.43. The Morgan fingerprint density at radius 2 is 2.05 bits per heavy atom. The Kier molecular flexibility index (Phi) is 5.19. The topological polar surface area (TPSA) is 44.7 Å². The average Bonchev–Trinajstić information content (AvgIpc) is 2.50. The molecule has 2 rings (SSSR count). The molecule has 1 fully saturated rings. The summed E-state index contributed by atoms with van der Waals surface area (Å²) in [5, 5.41) is 13.1. The number of nitrogens with zero attached hydrogens (tertiary/aromatic N) is 1. The molecular weight excluding hydrogens is 271 g/mol. The van der Waals surface area contributed by atoms with Gasteiger partial charge in [0.05, 0.1) is 7.11 Å². The van der Waals surface area contributed by atoms with E-state index >= 15 is 0 Å². The molecule has 1 heterocycles. The minimum Gasteiger partial charge on any atom is -0.497 e. The van der Waals surface area contributed by atoms with Crippen molar-refractivity contribution in [2.24, 2.45) is 5.41 Å². The van der Waals surface area contributed by atoms with Crippen LogP contribution in [0, 0.1) is 11.2 Å². The van der Waals surface area contributed by atoms with E-state index in [-0.39, 0.29) is 18.5 Å². The third-order valence-corrected chi connectivity index (χ3v) is 4.16. The van der Waals surface area contributed by atoms with Gasteiger partial charge in [-0.3, -0.25) is 4.90 Å². The Hall–Kier alpha value is -1.17. The predicted molar refractivity (Wildman–Crippen MR) is 81.0 cm³/mol. The zero-order valence-electron chi connectivity index (χ0n) is 13.0. The summed E-state index contributed by atoms with van der Waals surface area (Å²) in [5.74, 6) is 0.390. The van der Waals surface area contributed by atoms with Crippen LogP contribution in [0.2, 0.25) is 0 Å². The van der Waals surface area contributed by atoms with Crippen LogP contribution in [0.25, 0.3) is 0 Å². The van der Waals surface area contributed by atoms with E-state index in [0.717, 1.165) is 26.2 Å². The van der Waals surface area contributed by atoms with Crippen LogP contribution in [0.4, 0.5) is 4.39 Å². The van der Waals surface area contributed by atoms with Crippen molar-refractivity contribution in [3.05, 3.63) is 29.6 Å². The number of rotatable bonds is 5. The summed E-state index contributed by atoms with van der Waals surface area (Å²) in [6.07, 6.45) is 0. The SMILES string of the molecule is COc1ccc(F)c([C@H](N2CCNCC2)C(C)(C)CO)c1. The molecule has 1 saturated heterocycles. The molecule has 5 heteroatoms. The molecule has 4 nitrogen and oxygen atoms in total. The average molecular weight is 296 g/mol. The molecule has 0 aliphatic carbocycles. The maximum atomic E-state index is 14.4. The Bertz CT molecular complexity index is 473. The molecular formula is C16H25FN2O2. The molecule has 0 unspecified atom stereocenters. The zero-order valence-corrected chi connectivity index (χ0v) is 13.0. The lowest BCUT2D eigenvalue weighted by Crippen LogP contribution is -2.49. The molecule has 21 heavy (non-hydrogen) atoms. The van der Waals surface area contributed by atoms with Gasteiger partial charge in [0.25, 0.3) is 0 Å². The van der Waals surface area contributed by atoms with Gasteiger partial charge in [-0.1, -0.05) is 13.8 Å². The fraction of sp³-hybridized carbons (Fsp3) is 0.625. The highest BCUT2D eigenvalue weighted by Crippen LogP contribution is 2.40. The molecule has 0 bridgehead atoms. The molecule has 0 spiro atoms. The highest BCUT2D eigenvalue weighted by atomic mass is 19.1. The van der Waals surface area contributed by atoms with Crippen LogP contribution in [-0.4, -0.2) is 49.9 Å². The Labute approximate surface area is 125 Å². The van der Waals surface area contributed by atoms with Crippen LogP contribution < -0.4 is 10.1 Å². The molecule has 2 N–H and O–H groups in total. The second-order valence-electron chi connectivity index (χ2n) is 6.22. The zero-order chi connectivity index (χ0) is 15.5. The molecule has 1 aromatic carbocycles. The number of nitrogens with one attached hydrogen (secondary N) is 1. The van der Waals surface area contributed by atoms with Gasteiger partial charge >= 0.3 is 0 Å². The number of methoxy groups -OCH3 is 1. The standard InChI is InChI=1S/C16H25FN2O2/c1-16(2,11-20)15(19-8-6-18-7-9-19)13-10-12(21-3)4-5-14(13)17/h4-5,10,15,18,20H,6-9,11H2,1-3H3/t15-/m0/s1. The molecule has 1 atom stereocenters. The van der Waals surface area contributed by atoms with Gasteiger partial charge in [0, 0.05) is 49.8 Å². The van der Waals surface area contributed by atoms with Gasteiger partial charge in [-0.05, 0) is 18.2 Å². The molecule has 1 aliphatic heterocycles. The minimum absolute atomic E-state index is 0.00174. The first kappa shape index (κ1) is 16.2. The third-order valence-electron chi connectivity index (χ3n) is 4.16. The number of hydrogen-bond donors (Lipinski definition) is 2. The summed E-state index contributed by atoms with van der Waals surface area (Å²) in [6, 6.07) is 4.63. The van der Waals surface area contributed by atoms with E-state index in [2.05, 4.69) is 10.2 Å². The fourth-order valence-corrected chi connectivity index (χ4v) is 3.00. The maximum absolute atomic E-state index is 14.4. The van der Waals surface area contributed by atoms with Gasteiger partial charge in [0.15, 0.2) is 0 Å². The highest BCUT2D eigenvalue weighted by molar-refractivity contribution is 5.33. The summed E-state index contributed by atoms with van der Waals surface area (Å²) in [4.78, 5) is 2.24. The quantitative estimate of drug-likeness (QED) is 0.870. The van der Waals surface area contributed by atoms with Crippen molar-refractivity contribution in [3.8, 4) is 5.75 Å². The summed E-state index contributed by atoms with van der Waals surface area (Å²) >= 11 is 0. The Balaban J connectivity index is 2.43. The number of benzene rings is 1. The molecule has 1 aromatic rings. The van der Waals surface area contributed by atoms with E-state index in [4.69, 9.17) is 4.74 Å². The fourth-order valence-electron chi connectivity index (χ4n) is 3.00.